The first-order valence-electron chi connectivity index (χ1n) is 5.54. The number of hydrogen-bond acceptors (Lipinski definition) is 3. The van der Waals surface area contributed by atoms with Crippen molar-refractivity contribution in [1.29, 1.82) is 0 Å². The van der Waals surface area contributed by atoms with E-state index in [2.05, 4.69) is 6.58 Å². The third kappa shape index (κ3) is 2.42. The predicted octanol–water partition coefficient (Wildman–Crippen LogP) is 2.81. The second-order valence-electron chi connectivity index (χ2n) is 4.63. The summed E-state index contributed by atoms with van der Waals surface area (Å²) in [5.41, 5.74) is 1.14. The Balaban J connectivity index is 2.26. The summed E-state index contributed by atoms with van der Waals surface area (Å²) in [5.74, 6) is 0. The van der Waals surface area contributed by atoms with Gasteiger partial charge >= 0.3 is 0 Å². The van der Waals surface area contributed by atoms with Crippen molar-refractivity contribution in [3.63, 3.8) is 0 Å². The average molecular weight is 252 g/mol. The molecule has 2 rings (SSSR count). The van der Waals surface area contributed by atoms with Crippen LogP contribution in [0.3, 0.4) is 0 Å². The van der Waals surface area contributed by atoms with Crippen LogP contribution in [0.1, 0.15) is 25.3 Å². The standard InChI is InChI=1S/C13H16O3S/c1-10(2)13(8-9-13)16-17(14,15)12-6-4-11(3)5-7-12/h4-7H,1,8-9H2,2-3H3. The van der Waals surface area contributed by atoms with E-state index in [1.54, 1.807) is 31.2 Å². The Morgan fingerprint density at radius 2 is 1.82 bits per heavy atom. The maximum atomic E-state index is 12.0. The van der Waals surface area contributed by atoms with Crippen molar-refractivity contribution in [2.24, 2.45) is 0 Å². The zero-order chi connectivity index (χ0) is 12.7. The Labute approximate surface area is 102 Å². The molecule has 0 unspecified atom stereocenters. The van der Waals surface area contributed by atoms with Crippen LogP contribution in [0.4, 0.5) is 0 Å². The lowest BCUT2D eigenvalue weighted by Gasteiger charge is -2.16. The van der Waals surface area contributed by atoms with Gasteiger partial charge < -0.3 is 0 Å². The van der Waals surface area contributed by atoms with E-state index in [4.69, 9.17) is 4.18 Å². The van der Waals surface area contributed by atoms with Crippen LogP contribution in [0.2, 0.25) is 0 Å². The molecule has 0 spiro atoms. The molecule has 0 atom stereocenters. The summed E-state index contributed by atoms with van der Waals surface area (Å²) < 4.78 is 29.4. The summed E-state index contributed by atoms with van der Waals surface area (Å²) in [5, 5.41) is 0. The highest BCUT2D eigenvalue weighted by molar-refractivity contribution is 7.86. The molecule has 1 fully saturated rings. The maximum absolute atomic E-state index is 12.0. The molecule has 1 aromatic rings. The van der Waals surface area contributed by atoms with Gasteiger partial charge in [0.05, 0.1) is 4.90 Å². The minimum atomic E-state index is -3.68. The zero-order valence-corrected chi connectivity index (χ0v) is 10.9. The monoisotopic (exact) mass is 252 g/mol. The van der Waals surface area contributed by atoms with Crippen LogP contribution in [-0.2, 0) is 14.3 Å². The fourth-order valence-corrected chi connectivity index (χ4v) is 2.95. The fraction of sp³-hybridized carbons (Fsp3) is 0.385. The molecule has 0 amide bonds. The molecule has 0 N–H and O–H groups in total. The minimum Gasteiger partial charge on any atom is -0.255 e. The quantitative estimate of drug-likeness (QED) is 0.611. The first-order valence-corrected chi connectivity index (χ1v) is 6.95. The highest BCUT2D eigenvalue weighted by Gasteiger charge is 2.49. The van der Waals surface area contributed by atoms with E-state index >= 15 is 0 Å². The van der Waals surface area contributed by atoms with Crippen molar-refractivity contribution in [2.75, 3.05) is 0 Å². The molecule has 0 radical (unpaired) electrons. The van der Waals surface area contributed by atoms with Gasteiger partial charge in [0.15, 0.2) is 0 Å². The van der Waals surface area contributed by atoms with Crippen LogP contribution < -0.4 is 0 Å². The van der Waals surface area contributed by atoms with Gasteiger partial charge in [0, 0.05) is 0 Å². The normalized spacial score (nSPS) is 17.8. The summed E-state index contributed by atoms with van der Waals surface area (Å²) >= 11 is 0. The van der Waals surface area contributed by atoms with E-state index in [0.717, 1.165) is 24.0 Å². The molecule has 1 aliphatic rings. The number of aryl methyl sites for hydroxylation is 1. The Kier molecular flexibility index (Phi) is 2.87. The van der Waals surface area contributed by atoms with Crippen LogP contribution in [0.15, 0.2) is 41.3 Å². The van der Waals surface area contributed by atoms with Gasteiger partial charge in [-0.3, -0.25) is 4.18 Å². The first kappa shape index (κ1) is 12.3. The SMILES string of the molecule is C=C(C)C1(OS(=O)(=O)c2ccc(C)cc2)CC1. The summed E-state index contributed by atoms with van der Waals surface area (Å²) in [7, 11) is -3.68. The van der Waals surface area contributed by atoms with E-state index in [-0.39, 0.29) is 4.90 Å². The largest absolute Gasteiger partial charge is 0.297 e. The minimum absolute atomic E-state index is 0.204. The fourth-order valence-electron chi connectivity index (χ4n) is 1.66. The van der Waals surface area contributed by atoms with Gasteiger partial charge in [-0.2, -0.15) is 8.42 Å². The molecule has 0 aromatic heterocycles. The molecule has 0 saturated heterocycles. The summed E-state index contributed by atoms with van der Waals surface area (Å²) in [6.45, 7) is 7.51. The molecule has 4 heteroatoms. The van der Waals surface area contributed by atoms with Gasteiger partial charge in [-0.1, -0.05) is 24.3 Å². The van der Waals surface area contributed by atoms with Crippen molar-refractivity contribution in [3.05, 3.63) is 42.0 Å². The van der Waals surface area contributed by atoms with E-state index in [0.29, 0.717) is 0 Å². The molecular formula is C13H16O3S. The third-order valence-corrected chi connectivity index (χ3v) is 4.45. The zero-order valence-electron chi connectivity index (χ0n) is 10.1. The molecule has 92 valence electrons. The molecule has 0 bridgehead atoms. The van der Waals surface area contributed by atoms with Crippen LogP contribution >= 0.6 is 0 Å². The van der Waals surface area contributed by atoms with Crippen LogP contribution in [0.25, 0.3) is 0 Å². The number of hydrogen-bond donors (Lipinski definition) is 0. The summed E-state index contributed by atoms with van der Waals surface area (Å²) in [6.07, 6.45) is 1.46. The molecule has 1 aromatic carbocycles. The van der Waals surface area contributed by atoms with Gasteiger partial charge in [-0.05, 0) is 44.4 Å². The van der Waals surface area contributed by atoms with Crippen LogP contribution in [0, 0.1) is 6.92 Å². The van der Waals surface area contributed by atoms with Crippen molar-refractivity contribution >= 4 is 10.1 Å². The van der Waals surface area contributed by atoms with E-state index in [1.807, 2.05) is 6.92 Å². The number of benzene rings is 1. The van der Waals surface area contributed by atoms with Gasteiger partial charge in [0.2, 0.25) is 0 Å². The van der Waals surface area contributed by atoms with E-state index in [1.165, 1.54) is 0 Å². The Hall–Kier alpha value is -1.13. The summed E-state index contributed by atoms with van der Waals surface area (Å²) in [4.78, 5) is 0.204. The lowest BCUT2D eigenvalue weighted by molar-refractivity contribution is 0.225. The van der Waals surface area contributed by atoms with Gasteiger partial charge in [-0.25, -0.2) is 0 Å². The van der Waals surface area contributed by atoms with Gasteiger partial charge in [-0.15, -0.1) is 0 Å². The Bertz CT molecular complexity index is 537. The maximum Gasteiger partial charge on any atom is 0.297 e. The molecule has 0 heterocycles. The molecule has 0 aliphatic heterocycles. The van der Waals surface area contributed by atoms with E-state index < -0.39 is 15.7 Å². The number of rotatable bonds is 4. The lowest BCUT2D eigenvalue weighted by Crippen LogP contribution is -2.20. The summed E-state index contributed by atoms with van der Waals surface area (Å²) in [6, 6.07) is 6.66. The van der Waals surface area contributed by atoms with Crippen molar-refractivity contribution < 1.29 is 12.6 Å². The third-order valence-electron chi connectivity index (χ3n) is 3.06. The predicted molar refractivity (Wildman–Crippen MR) is 66.2 cm³/mol. The first-order chi connectivity index (χ1) is 7.86. The molecular weight excluding hydrogens is 236 g/mol. The Morgan fingerprint density at radius 1 is 1.29 bits per heavy atom. The van der Waals surface area contributed by atoms with Gasteiger partial charge in [0.25, 0.3) is 10.1 Å². The molecule has 3 nitrogen and oxygen atoms in total. The second-order valence-corrected chi connectivity index (χ2v) is 6.17. The van der Waals surface area contributed by atoms with Gasteiger partial charge in [0.1, 0.15) is 5.60 Å². The van der Waals surface area contributed by atoms with Crippen molar-refractivity contribution in [2.45, 2.75) is 37.2 Å². The van der Waals surface area contributed by atoms with Crippen LogP contribution in [0.5, 0.6) is 0 Å². The molecule has 1 aliphatic carbocycles. The van der Waals surface area contributed by atoms with Crippen molar-refractivity contribution in [3.8, 4) is 0 Å². The molecule has 1 saturated carbocycles. The highest BCUT2D eigenvalue weighted by atomic mass is 32.2. The smallest absolute Gasteiger partial charge is 0.255 e. The average Bonchev–Trinajstić information content (AvgIpc) is 2.99. The lowest BCUT2D eigenvalue weighted by atomic mass is 10.2. The highest BCUT2D eigenvalue weighted by Crippen LogP contribution is 2.47. The van der Waals surface area contributed by atoms with Crippen LogP contribution in [-0.4, -0.2) is 14.0 Å². The topological polar surface area (TPSA) is 43.4 Å². The second kappa shape index (κ2) is 3.96. The molecule has 17 heavy (non-hydrogen) atoms. The van der Waals surface area contributed by atoms with E-state index in [9.17, 15) is 8.42 Å². The Morgan fingerprint density at radius 3 is 2.24 bits per heavy atom. The van der Waals surface area contributed by atoms with Crippen molar-refractivity contribution in [1.82, 2.24) is 0 Å².